The minimum Gasteiger partial charge on any atom is -0.467 e. The first-order valence-corrected chi connectivity index (χ1v) is 2.59. The highest BCUT2D eigenvalue weighted by Gasteiger charge is 2.04. The van der Waals surface area contributed by atoms with E-state index < -0.39 is 6.04 Å². The minimum atomic E-state index is -0.611. The van der Waals surface area contributed by atoms with Crippen molar-refractivity contribution in [1.82, 2.24) is 0 Å². The van der Waals surface area contributed by atoms with Gasteiger partial charge in [-0.15, -0.1) is 12.4 Å². The van der Waals surface area contributed by atoms with E-state index in [9.17, 15) is 4.79 Å². The van der Waals surface area contributed by atoms with Gasteiger partial charge in [0.05, 0.1) is 6.26 Å². The van der Waals surface area contributed by atoms with Gasteiger partial charge in [-0.3, -0.25) is 0 Å². The fourth-order valence-corrected chi connectivity index (χ4v) is 0.548. The summed E-state index contributed by atoms with van der Waals surface area (Å²) < 4.78 is 4.83. The van der Waals surface area contributed by atoms with Crippen molar-refractivity contribution in [2.24, 2.45) is 5.73 Å². The Balaban J connectivity index is 0.000000810. The Hall–Kier alpha value is -0.800. The van der Waals surface area contributed by atoms with E-state index in [1.807, 2.05) is 0 Å². The van der Waals surface area contributed by atoms with Crippen molar-refractivity contribution in [2.45, 2.75) is 6.04 Å². The van der Waals surface area contributed by atoms with Gasteiger partial charge in [0.1, 0.15) is 18.1 Å². The molecule has 1 rings (SSSR count). The summed E-state index contributed by atoms with van der Waals surface area (Å²) in [5, 5.41) is 0. The van der Waals surface area contributed by atoms with E-state index in [0.29, 0.717) is 12.0 Å². The lowest BCUT2D eigenvalue weighted by Gasteiger charge is -1.94. The fraction of sp³-hybridized carbons (Fsp3) is 0.167. The smallest absolute Gasteiger partial charge is 0.144 e. The third-order valence-corrected chi connectivity index (χ3v) is 1.02. The second kappa shape index (κ2) is 4.09. The zero-order valence-electron chi connectivity index (χ0n) is 5.19. The first-order chi connectivity index (χ1) is 4.34. The van der Waals surface area contributed by atoms with Gasteiger partial charge in [-0.2, -0.15) is 0 Å². The molecule has 0 aliphatic heterocycles. The first-order valence-electron chi connectivity index (χ1n) is 2.59. The molecule has 0 fully saturated rings. The highest BCUT2D eigenvalue weighted by molar-refractivity contribution is 5.85. The van der Waals surface area contributed by atoms with Gasteiger partial charge in [0.15, 0.2) is 0 Å². The van der Waals surface area contributed by atoms with Crippen molar-refractivity contribution in [1.29, 1.82) is 0 Å². The minimum absolute atomic E-state index is 0. The van der Waals surface area contributed by atoms with E-state index in [4.69, 9.17) is 10.2 Å². The predicted molar refractivity (Wildman–Crippen MR) is 38.9 cm³/mol. The maximum Gasteiger partial charge on any atom is 0.144 e. The number of carbonyl (C=O) groups is 1. The summed E-state index contributed by atoms with van der Waals surface area (Å²) in [6, 6.07) is 2.75. The molecule has 0 radical (unpaired) electrons. The van der Waals surface area contributed by atoms with Crippen LogP contribution in [0.2, 0.25) is 0 Å². The normalized spacial score (nSPS) is 11.7. The molecule has 1 aromatic heterocycles. The molecule has 1 heterocycles. The Bertz CT molecular complexity index is 186. The lowest BCUT2D eigenvalue weighted by Crippen LogP contribution is -2.09. The Morgan fingerprint density at radius 2 is 2.40 bits per heavy atom. The number of aldehydes is 1. The number of furan rings is 1. The Morgan fingerprint density at radius 1 is 1.70 bits per heavy atom. The molecule has 0 bridgehead atoms. The third-order valence-electron chi connectivity index (χ3n) is 1.02. The molecule has 56 valence electrons. The highest BCUT2D eigenvalue weighted by atomic mass is 35.5. The van der Waals surface area contributed by atoms with Crippen LogP contribution < -0.4 is 5.73 Å². The molecule has 1 unspecified atom stereocenters. The standard InChI is InChI=1S/C6H7NO2.ClH/c7-5(4-8)6-2-1-3-9-6;/h1-5H,7H2;1H. The van der Waals surface area contributed by atoms with Crippen LogP contribution in [-0.2, 0) is 4.79 Å². The second-order valence-corrected chi connectivity index (χ2v) is 1.68. The number of rotatable bonds is 2. The van der Waals surface area contributed by atoms with Crippen LogP contribution in [0.15, 0.2) is 22.8 Å². The van der Waals surface area contributed by atoms with E-state index >= 15 is 0 Å². The van der Waals surface area contributed by atoms with Gasteiger partial charge in [0.25, 0.3) is 0 Å². The number of hydrogen-bond donors (Lipinski definition) is 1. The largest absolute Gasteiger partial charge is 0.467 e. The number of nitrogens with two attached hydrogens (primary N) is 1. The second-order valence-electron chi connectivity index (χ2n) is 1.68. The van der Waals surface area contributed by atoms with Gasteiger partial charge < -0.3 is 14.9 Å². The van der Waals surface area contributed by atoms with Crippen LogP contribution in [0.4, 0.5) is 0 Å². The van der Waals surface area contributed by atoms with Crippen LogP contribution in [0.25, 0.3) is 0 Å². The van der Waals surface area contributed by atoms with Crippen molar-refractivity contribution >= 4 is 18.7 Å². The van der Waals surface area contributed by atoms with Crippen LogP contribution in [-0.4, -0.2) is 6.29 Å². The van der Waals surface area contributed by atoms with Gasteiger partial charge in [-0.1, -0.05) is 0 Å². The zero-order valence-corrected chi connectivity index (χ0v) is 6.01. The Morgan fingerprint density at radius 3 is 2.80 bits per heavy atom. The summed E-state index contributed by atoms with van der Waals surface area (Å²) >= 11 is 0. The molecule has 0 amide bonds. The summed E-state index contributed by atoms with van der Waals surface area (Å²) in [5.74, 6) is 0.505. The summed E-state index contributed by atoms with van der Waals surface area (Å²) in [5.41, 5.74) is 5.28. The van der Waals surface area contributed by atoms with E-state index in [0.717, 1.165) is 0 Å². The lowest BCUT2D eigenvalue weighted by molar-refractivity contribution is -0.109. The third kappa shape index (κ3) is 1.86. The molecule has 4 heteroatoms. The molecule has 3 nitrogen and oxygen atoms in total. The SMILES string of the molecule is Cl.NC(C=O)c1ccco1. The van der Waals surface area contributed by atoms with E-state index in [-0.39, 0.29) is 12.4 Å². The van der Waals surface area contributed by atoms with Gasteiger partial charge in [0.2, 0.25) is 0 Å². The van der Waals surface area contributed by atoms with Gasteiger partial charge in [0, 0.05) is 0 Å². The topological polar surface area (TPSA) is 56.2 Å². The van der Waals surface area contributed by atoms with Gasteiger partial charge >= 0.3 is 0 Å². The summed E-state index contributed by atoms with van der Waals surface area (Å²) in [7, 11) is 0. The summed E-state index contributed by atoms with van der Waals surface area (Å²) in [6.45, 7) is 0. The maximum atomic E-state index is 10.0. The highest BCUT2D eigenvalue weighted by Crippen LogP contribution is 2.06. The van der Waals surface area contributed by atoms with Crippen LogP contribution in [0.3, 0.4) is 0 Å². The maximum absolute atomic E-state index is 10.0. The average Bonchev–Trinajstić information content (AvgIpc) is 2.37. The molecular weight excluding hydrogens is 154 g/mol. The van der Waals surface area contributed by atoms with Crippen molar-refractivity contribution < 1.29 is 9.21 Å². The molecule has 0 aliphatic carbocycles. The number of hydrogen-bond acceptors (Lipinski definition) is 3. The van der Waals surface area contributed by atoms with Crippen molar-refractivity contribution in [3.63, 3.8) is 0 Å². The molecule has 0 aromatic carbocycles. The Labute approximate surface area is 64.6 Å². The van der Waals surface area contributed by atoms with Crippen LogP contribution in [0.5, 0.6) is 0 Å². The van der Waals surface area contributed by atoms with E-state index in [2.05, 4.69) is 0 Å². The molecule has 0 saturated heterocycles. The molecule has 10 heavy (non-hydrogen) atoms. The van der Waals surface area contributed by atoms with Gasteiger partial charge in [-0.25, -0.2) is 0 Å². The van der Waals surface area contributed by atoms with Crippen molar-refractivity contribution in [3.05, 3.63) is 24.2 Å². The molecule has 0 saturated carbocycles. The van der Waals surface area contributed by atoms with Crippen LogP contribution in [0.1, 0.15) is 11.8 Å². The molecule has 2 N–H and O–H groups in total. The number of halogens is 1. The molecule has 0 spiro atoms. The number of carbonyl (C=O) groups excluding carboxylic acids is 1. The molecule has 1 aromatic rings. The zero-order chi connectivity index (χ0) is 6.69. The molecule has 0 aliphatic rings. The van der Waals surface area contributed by atoms with Crippen LogP contribution in [0, 0.1) is 0 Å². The lowest BCUT2D eigenvalue weighted by atomic mass is 10.3. The van der Waals surface area contributed by atoms with Gasteiger partial charge in [-0.05, 0) is 12.1 Å². The van der Waals surface area contributed by atoms with Crippen molar-refractivity contribution in [3.8, 4) is 0 Å². The summed E-state index contributed by atoms with van der Waals surface area (Å²) in [4.78, 5) is 10.0. The predicted octanol–water partition coefficient (Wildman–Crippen LogP) is 0.900. The van der Waals surface area contributed by atoms with Crippen molar-refractivity contribution in [2.75, 3.05) is 0 Å². The molecule has 1 atom stereocenters. The van der Waals surface area contributed by atoms with E-state index in [1.165, 1.54) is 6.26 Å². The quantitative estimate of drug-likeness (QED) is 0.656. The van der Waals surface area contributed by atoms with E-state index in [1.54, 1.807) is 12.1 Å². The average molecular weight is 162 g/mol. The van der Waals surface area contributed by atoms with Crippen LogP contribution >= 0.6 is 12.4 Å². The summed E-state index contributed by atoms with van der Waals surface area (Å²) in [6.07, 6.45) is 2.12. The first kappa shape index (κ1) is 9.20. The monoisotopic (exact) mass is 161 g/mol. The fourth-order valence-electron chi connectivity index (χ4n) is 0.548. The Kier molecular flexibility index (Phi) is 3.76. The molecular formula is C6H8ClNO2.